The molecule has 0 spiro atoms. The molecule has 18 N–H and O–H groups in total. The lowest BCUT2D eigenvalue weighted by molar-refractivity contribution is 0.212. The van der Waals surface area contributed by atoms with E-state index in [0.717, 1.165) is 0 Å². The first-order valence-electron chi connectivity index (χ1n) is 34.1. The summed E-state index contributed by atoms with van der Waals surface area (Å²) >= 11 is 0. The van der Waals surface area contributed by atoms with Crippen LogP contribution in [0, 0.1) is 0 Å². The van der Waals surface area contributed by atoms with Crippen LogP contribution in [0.5, 0.6) is 57.5 Å². The molecule has 0 saturated carbocycles. The van der Waals surface area contributed by atoms with E-state index < -0.39 is 396 Å². The first-order valence-corrected chi connectivity index (χ1v) is 48.5. The van der Waals surface area contributed by atoms with E-state index in [0.29, 0.717) is 121 Å². The van der Waals surface area contributed by atoms with Gasteiger partial charge in [-0.2, -0.15) is 84.2 Å². The number of fused-ring (bicyclic) bond motifs is 20. The van der Waals surface area contributed by atoms with Gasteiger partial charge in [-0.1, -0.05) is 0 Å². The van der Waals surface area contributed by atoms with E-state index in [1.54, 1.807) is 0 Å². The van der Waals surface area contributed by atoms with Gasteiger partial charge in [0.1, 0.15) is 70.7 Å². The van der Waals surface area contributed by atoms with Gasteiger partial charge in [-0.3, -0.25) is 45.5 Å². The molecule has 0 unspecified atom stereocenters. The molecule has 2 aliphatic carbocycles. The van der Waals surface area contributed by atoms with Crippen molar-refractivity contribution in [2.24, 2.45) is 0 Å². The van der Waals surface area contributed by atoms with Gasteiger partial charge in [0.15, 0.2) is 0 Å². The predicted octanol–water partition coefficient (Wildman–Crippen LogP) is 5.79. The van der Waals surface area contributed by atoms with Crippen LogP contribution in [0.25, 0.3) is 0 Å². The van der Waals surface area contributed by atoms with Crippen molar-refractivity contribution in [3.8, 4) is 57.5 Å². The van der Waals surface area contributed by atoms with Crippen LogP contribution in [0.3, 0.4) is 0 Å². The Hall–Kier alpha value is -10.7. The maximum atomic E-state index is 13.6. The standard InChI is InChI=1S/C72H62O40S10/c73-63-33-3-34-14-54(114(84,85)86)18-38(64(34)74)6-42-22-58(118(96,97)98)26-46(68(42)78)10-50-30-61(121(105,106)107)29-49(9-45-25-57(117(93,94)95)21-41(67(45)77)5-37(63)17-53(13-33)113(81,82)83)71(50)111-1-2-112-72-51-11-47-27-59(119(99,100)101)23-43(69(47)79)7-39-19-55(115(87,88)89)15-35(65(39)75)4-36-16-56(116(90,91)92)20-40(66(36)76)8-44-24-60(120(102,103)104)28-48(70(44)80)12-52(72)32-62(31-51)122(108,109)110/h13-32,73-80H,1-12H2,(H,81,82,83)(H,84,85,86)(H,87,88,89)(H,90,91,92)(H,93,94,95)(H,96,97,98)(H,99,100,101)(H,102,103,104)(H,105,106,107)(H,108,109,110). The summed E-state index contributed by atoms with van der Waals surface area (Å²) in [6.45, 7) is -2.23. The second-order valence-electron chi connectivity index (χ2n) is 28.1. The Morgan fingerprint density at radius 1 is 0.164 bits per heavy atom. The fraction of sp³-hybridized carbons (Fsp3) is 0.167. The highest BCUT2D eigenvalue weighted by Crippen LogP contribution is 2.46. The highest BCUT2D eigenvalue weighted by atomic mass is 32.3. The molecule has 0 radical (unpaired) electrons. The molecule has 0 aliphatic heterocycles. The lowest BCUT2D eigenvalue weighted by Gasteiger charge is -2.22. The third-order valence-corrected chi connectivity index (χ3v) is 28.0. The summed E-state index contributed by atoms with van der Waals surface area (Å²) in [5.41, 5.74) is -13.8. The Bertz CT molecular complexity index is 6620. The largest absolute Gasteiger partial charge is 0.507 e. The van der Waals surface area contributed by atoms with Crippen molar-refractivity contribution in [2.45, 2.75) is 113 Å². The molecule has 50 heteroatoms. The molecule has 0 heterocycles. The van der Waals surface area contributed by atoms with E-state index in [2.05, 4.69) is 0 Å². The average molecular weight is 1890 g/mol. The van der Waals surface area contributed by atoms with Crippen molar-refractivity contribution in [2.75, 3.05) is 13.2 Å². The molecule has 20 bridgehead atoms. The van der Waals surface area contributed by atoms with Gasteiger partial charge < -0.3 is 50.3 Å². The topological polar surface area (TPSA) is 724 Å². The zero-order valence-electron chi connectivity index (χ0n) is 61.1. The first kappa shape index (κ1) is 90.5. The smallest absolute Gasteiger partial charge is 0.294 e. The molecule has 2 aliphatic rings. The molecular formula is C72H62O40S10. The zero-order chi connectivity index (χ0) is 90.1. The van der Waals surface area contributed by atoms with Crippen LogP contribution in [0.15, 0.2) is 170 Å². The molecule has 0 amide bonds. The Morgan fingerprint density at radius 2 is 0.246 bits per heavy atom. The lowest BCUT2D eigenvalue weighted by Crippen LogP contribution is -2.15. The summed E-state index contributed by atoms with van der Waals surface area (Å²) in [5.74, 6) is -10.0. The third kappa shape index (κ3) is 19.5. The number of hydrogen-bond acceptors (Lipinski definition) is 30. The first-order chi connectivity index (χ1) is 56.0. The third-order valence-electron chi connectivity index (χ3n) is 19.7. The number of hydrogen-bond donors (Lipinski definition) is 18. The van der Waals surface area contributed by atoms with Gasteiger partial charge in [0.25, 0.3) is 101 Å². The van der Waals surface area contributed by atoms with Crippen molar-refractivity contribution in [3.63, 3.8) is 0 Å². The minimum atomic E-state index is -5.64. The highest BCUT2D eigenvalue weighted by Gasteiger charge is 2.33. The van der Waals surface area contributed by atoms with Crippen LogP contribution >= 0.6 is 0 Å². The summed E-state index contributed by atoms with van der Waals surface area (Å²) in [7, 11) is -55.2. The number of phenols is 8. The lowest BCUT2D eigenvalue weighted by atomic mass is 9.91. The molecular weight excluding hydrogens is 1830 g/mol. The van der Waals surface area contributed by atoms with E-state index in [4.69, 9.17) is 9.47 Å². The van der Waals surface area contributed by atoms with Crippen LogP contribution in [0.2, 0.25) is 0 Å². The molecule has 0 saturated heterocycles. The van der Waals surface area contributed by atoms with Gasteiger partial charge in [-0.25, -0.2) is 0 Å². The van der Waals surface area contributed by atoms with Crippen molar-refractivity contribution in [3.05, 3.63) is 233 Å². The fourth-order valence-electron chi connectivity index (χ4n) is 14.1. The maximum Gasteiger partial charge on any atom is 0.294 e. The van der Waals surface area contributed by atoms with Gasteiger partial charge in [-0.05, 0) is 121 Å². The predicted molar refractivity (Wildman–Crippen MR) is 415 cm³/mol. The van der Waals surface area contributed by atoms with Gasteiger partial charge in [0, 0.05) is 175 Å². The van der Waals surface area contributed by atoms with E-state index in [9.17, 15) is 171 Å². The number of rotatable bonds is 15. The molecule has 122 heavy (non-hydrogen) atoms. The van der Waals surface area contributed by atoms with Gasteiger partial charge in [0.2, 0.25) is 0 Å². The highest BCUT2D eigenvalue weighted by molar-refractivity contribution is 7.88. The normalized spacial score (nSPS) is 14.1. The Balaban J connectivity index is 1.11. The molecule has 650 valence electrons. The van der Waals surface area contributed by atoms with E-state index in [1.807, 2.05) is 0 Å². The molecule has 40 nitrogen and oxygen atoms in total. The van der Waals surface area contributed by atoms with Gasteiger partial charge in [0.05, 0.1) is 49.0 Å². The second-order valence-corrected chi connectivity index (χ2v) is 42.3. The van der Waals surface area contributed by atoms with Gasteiger partial charge in [-0.15, -0.1) is 0 Å². The summed E-state index contributed by atoms with van der Waals surface area (Å²) in [6, 6.07) is 11.6. The number of aromatic hydroxyl groups is 8. The Morgan fingerprint density at radius 3 is 0.336 bits per heavy atom. The Labute approximate surface area is 692 Å². The summed E-state index contributed by atoms with van der Waals surface area (Å²) in [6.07, 6.45) is -10.7. The minimum absolute atomic E-state index is 0.556. The molecule has 0 atom stereocenters. The number of ether oxygens (including phenoxy) is 2. The van der Waals surface area contributed by atoms with Crippen LogP contribution in [-0.4, -0.2) is 184 Å². The summed E-state index contributed by atoms with van der Waals surface area (Å²) in [4.78, 5) is -11.4. The van der Waals surface area contributed by atoms with Crippen LogP contribution in [-0.2, 0) is 165 Å². The molecule has 10 aromatic rings. The second kappa shape index (κ2) is 31.9. The summed E-state index contributed by atoms with van der Waals surface area (Å²) in [5, 5.41) is 97.2. The Kier molecular flexibility index (Phi) is 23.7. The zero-order valence-corrected chi connectivity index (χ0v) is 69.3. The van der Waals surface area contributed by atoms with Crippen molar-refractivity contribution >= 4 is 101 Å². The average Bonchev–Trinajstić information content (AvgIpc) is 0.806. The van der Waals surface area contributed by atoms with Crippen molar-refractivity contribution in [1.82, 2.24) is 0 Å². The van der Waals surface area contributed by atoms with E-state index in [1.165, 1.54) is 0 Å². The van der Waals surface area contributed by atoms with Crippen molar-refractivity contribution < 1.29 is 180 Å². The molecule has 10 aromatic carbocycles. The number of phenolic OH excluding ortho intramolecular Hbond substituents is 8. The van der Waals surface area contributed by atoms with Crippen LogP contribution < -0.4 is 9.47 Å². The molecule has 0 fully saturated rings. The summed E-state index contributed by atoms with van der Waals surface area (Å²) < 4.78 is 383. The monoisotopic (exact) mass is 1890 g/mol. The fourth-order valence-corrected chi connectivity index (χ4v) is 20.0. The SMILES string of the molecule is O=S(=O)(O)c1cc2c(O)c(c1)Cc1cc(S(=O)(=O)O)cc(c1O)Cc1cc(S(=O)(=O)O)cc(c1OCCOc1c3cc(S(=O)(=O)O)cc1Cc1cc(S(=O)(=O)O)cc(c1O)Cc1cc(S(=O)(=O)O)cc(c1O)Cc1cc(S(=O)(=O)O)cc(c1O)Cc1cc(S(=O)(=O)O)cc(c1O)C3)Cc1cc(S(=O)(=O)O)cc(c1O)Cc1cc(S(=O)(=O)O)cc(c1O)C2. The maximum absolute atomic E-state index is 13.6. The van der Waals surface area contributed by atoms with Gasteiger partial charge >= 0.3 is 0 Å². The van der Waals surface area contributed by atoms with Crippen molar-refractivity contribution in [1.29, 1.82) is 0 Å². The van der Waals surface area contributed by atoms with Crippen LogP contribution in [0.4, 0.5) is 0 Å². The van der Waals surface area contributed by atoms with E-state index >= 15 is 0 Å². The number of benzene rings is 10. The quantitative estimate of drug-likeness (QED) is 0.0426. The van der Waals surface area contributed by atoms with E-state index in [-0.39, 0.29) is 0 Å². The molecule has 0 aromatic heterocycles. The van der Waals surface area contributed by atoms with Crippen LogP contribution in [0.1, 0.15) is 111 Å². The molecule has 12 rings (SSSR count). The minimum Gasteiger partial charge on any atom is -0.507 e.